The highest BCUT2D eigenvalue weighted by molar-refractivity contribution is 9.10. The maximum atomic E-state index is 10.7. The Kier molecular flexibility index (Phi) is 2.84. The predicted molar refractivity (Wildman–Crippen MR) is 49.3 cm³/mol. The Balaban J connectivity index is 3.44. The second-order valence-corrected chi connectivity index (χ2v) is 4.53. The van der Waals surface area contributed by atoms with Crippen molar-refractivity contribution in [2.45, 2.75) is 4.90 Å². The fourth-order valence-corrected chi connectivity index (χ4v) is 2.25. The van der Waals surface area contributed by atoms with Crippen LogP contribution in [0.2, 0.25) is 0 Å². The van der Waals surface area contributed by atoms with E-state index in [1.54, 1.807) is 0 Å². The predicted octanol–water partition coefficient (Wildman–Crippen LogP) is 1.51. The van der Waals surface area contributed by atoms with Gasteiger partial charge in [-0.1, -0.05) is 6.07 Å². The molecule has 1 aromatic rings. The standard InChI is InChI=1S/C7H5BrO4S/c8-6-2-1-5(4-9)3-7(6)13(10,11)12/h1-4H,(H,10,11,12). The van der Waals surface area contributed by atoms with E-state index < -0.39 is 10.1 Å². The van der Waals surface area contributed by atoms with Crippen LogP contribution >= 0.6 is 15.9 Å². The van der Waals surface area contributed by atoms with Gasteiger partial charge < -0.3 is 0 Å². The summed E-state index contributed by atoms with van der Waals surface area (Å²) in [5.41, 5.74) is 0.191. The molecule has 6 heteroatoms. The Hall–Kier alpha value is -0.720. The molecular formula is C7H5BrO4S. The van der Waals surface area contributed by atoms with Gasteiger partial charge in [0.1, 0.15) is 11.2 Å². The lowest BCUT2D eigenvalue weighted by Crippen LogP contribution is -2.00. The van der Waals surface area contributed by atoms with Crippen LogP contribution < -0.4 is 0 Å². The molecule has 0 aliphatic carbocycles. The van der Waals surface area contributed by atoms with Gasteiger partial charge in [-0.2, -0.15) is 8.42 Å². The third-order valence-corrected chi connectivity index (χ3v) is 3.22. The highest BCUT2D eigenvalue weighted by Crippen LogP contribution is 2.22. The lowest BCUT2D eigenvalue weighted by atomic mass is 10.2. The van der Waals surface area contributed by atoms with Crippen molar-refractivity contribution in [3.05, 3.63) is 28.2 Å². The topological polar surface area (TPSA) is 71.4 Å². The fraction of sp³-hybridized carbons (Fsp3) is 0. The average molecular weight is 265 g/mol. The average Bonchev–Trinajstić information content (AvgIpc) is 2.03. The van der Waals surface area contributed by atoms with Gasteiger partial charge in [-0.25, -0.2) is 0 Å². The van der Waals surface area contributed by atoms with Gasteiger partial charge in [0.2, 0.25) is 0 Å². The van der Waals surface area contributed by atoms with E-state index in [1.165, 1.54) is 12.1 Å². The summed E-state index contributed by atoms with van der Waals surface area (Å²) in [6, 6.07) is 3.91. The number of halogens is 1. The molecule has 13 heavy (non-hydrogen) atoms. The summed E-state index contributed by atoms with van der Waals surface area (Å²) < 4.78 is 30.4. The SMILES string of the molecule is O=Cc1ccc(Br)c(S(=O)(=O)O)c1. The van der Waals surface area contributed by atoms with Gasteiger partial charge in [0, 0.05) is 10.0 Å². The van der Waals surface area contributed by atoms with Crippen LogP contribution in [0.4, 0.5) is 0 Å². The van der Waals surface area contributed by atoms with Gasteiger partial charge in [-0.15, -0.1) is 0 Å². The third kappa shape index (κ3) is 2.36. The van der Waals surface area contributed by atoms with Crippen molar-refractivity contribution < 1.29 is 17.8 Å². The Labute approximate surface area is 83.5 Å². The molecule has 0 radical (unpaired) electrons. The van der Waals surface area contributed by atoms with Crippen molar-refractivity contribution in [2.75, 3.05) is 0 Å². The van der Waals surface area contributed by atoms with Crippen LogP contribution in [0.3, 0.4) is 0 Å². The van der Waals surface area contributed by atoms with Crippen molar-refractivity contribution in [3.8, 4) is 0 Å². The van der Waals surface area contributed by atoms with Gasteiger partial charge in [0.15, 0.2) is 0 Å². The van der Waals surface area contributed by atoms with Crippen LogP contribution in [0.15, 0.2) is 27.6 Å². The molecule has 70 valence electrons. The molecule has 0 bridgehead atoms. The van der Waals surface area contributed by atoms with Crippen LogP contribution in [0, 0.1) is 0 Å². The molecule has 0 saturated carbocycles. The summed E-state index contributed by atoms with van der Waals surface area (Å²) in [7, 11) is -4.27. The van der Waals surface area contributed by atoms with E-state index in [9.17, 15) is 13.2 Å². The summed E-state index contributed by atoms with van der Waals surface area (Å²) in [5, 5.41) is 0. The molecule has 0 amide bonds. The first kappa shape index (κ1) is 10.4. The normalized spacial score (nSPS) is 11.2. The number of carbonyl (C=O) groups excluding carboxylic acids is 1. The molecule has 1 N–H and O–H groups in total. The minimum Gasteiger partial charge on any atom is -0.298 e. The Morgan fingerprint density at radius 1 is 1.38 bits per heavy atom. The van der Waals surface area contributed by atoms with E-state index in [2.05, 4.69) is 15.9 Å². The van der Waals surface area contributed by atoms with Gasteiger partial charge in [-0.05, 0) is 28.1 Å². The van der Waals surface area contributed by atoms with Gasteiger partial charge in [0.25, 0.3) is 10.1 Å². The highest BCUT2D eigenvalue weighted by atomic mass is 79.9. The van der Waals surface area contributed by atoms with E-state index in [0.717, 1.165) is 6.07 Å². The minimum absolute atomic E-state index is 0.191. The lowest BCUT2D eigenvalue weighted by molar-refractivity contribution is 0.112. The van der Waals surface area contributed by atoms with E-state index in [4.69, 9.17) is 4.55 Å². The first-order valence-corrected chi connectivity index (χ1v) is 5.40. The Bertz CT molecular complexity index is 438. The van der Waals surface area contributed by atoms with Crippen molar-refractivity contribution in [3.63, 3.8) is 0 Å². The first-order valence-electron chi connectivity index (χ1n) is 3.17. The zero-order valence-electron chi connectivity index (χ0n) is 6.27. The van der Waals surface area contributed by atoms with E-state index >= 15 is 0 Å². The summed E-state index contributed by atoms with van der Waals surface area (Å²) in [4.78, 5) is 10.00. The molecule has 0 aromatic heterocycles. The van der Waals surface area contributed by atoms with E-state index in [-0.39, 0.29) is 14.9 Å². The lowest BCUT2D eigenvalue weighted by Gasteiger charge is -2.00. The fourth-order valence-electron chi connectivity index (χ4n) is 0.791. The van der Waals surface area contributed by atoms with Gasteiger partial charge in [0.05, 0.1) is 0 Å². The molecule has 0 fully saturated rings. The molecule has 0 unspecified atom stereocenters. The number of rotatable bonds is 2. The number of hydrogen-bond donors (Lipinski definition) is 1. The first-order chi connectivity index (χ1) is 5.95. The van der Waals surface area contributed by atoms with Crippen LogP contribution in [-0.4, -0.2) is 19.3 Å². The van der Waals surface area contributed by atoms with Crippen molar-refractivity contribution in [2.24, 2.45) is 0 Å². The second kappa shape index (κ2) is 3.57. The quantitative estimate of drug-likeness (QED) is 0.649. The Morgan fingerprint density at radius 3 is 2.46 bits per heavy atom. The number of carbonyl (C=O) groups is 1. The molecule has 1 rings (SSSR count). The minimum atomic E-state index is -4.27. The van der Waals surface area contributed by atoms with Gasteiger partial charge in [-0.3, -0.25) is 9.35 Å². The largest absolute Gasteiger partial charge is 0.298 e. The molecule has 0 heterocycles. The van der Waals surface area contributed by atoms with Gasteiger partial charge >= 0.3 is 0 Å². The van der Waals surface area contributed by atoms with Crippen LogP contribution in [-0.2, 0) is 10.1 Å². The molecular weight excluding hydrogens is 260 g/mol. The summed E-state index contributed by atoms with van der Waals surface area (Å²) >= 11 is 2.94. The van der Waals surface area contributed by atoms with Crippen molar-refractivity contribution in [1.29, 1.82) is 0 Å². The monoisotopic (exact) mass is 264 g/mol. The molecule has 0 spiro atoms. The van der Waals surface area contributed by atoms with E-state index in [0.29, 0.717) is 6.29 Å². The summed E-state index contributed by atoms with van der Waals surface area (Å²) in [6.07, 6.45) is 0.501. The molecule has 0 aliphatic rings. The second-order valence-electron chi connectivity index (χ2n) is 2.28. The third-order valence-electron chi connectivity index (χ3n) is 1.37. The zero-order valence-corrected chi connectivity index (χ0v) is 8.67. The van der Waals surface area contributed by atoms with Crippen LogP contribution in [0.25, 0.3) is 0 Å². The summed E-state index contributed by atoms with van der Waals surface area (Å²) in [5.74, 6) is 0. The molecule has 0 aliphatic heterocycles. The number of aldehydes is 1. The molecule has 1 aromatic carbocycles. The molecule has 4 nitrogen and oxygen atoms in total. The maximum absolute atomic E-state index is 10.7. The summed E-state index contributed by atoms with van der Waals surface area (Å²) in [6.45, 7) is 0. The Morgan fingerprint density at radius 2 is 2.00 bits per heavy atom. The molecule has 0 saturated heterocycles. The number of benzene rings is 1. The van der Waals surface area contributed by atoms with E-state index in [1.807, 2.05) is 0 Å². The highest BCUT2D eigenvalue weighted by Gasteiger charge is 2.14. The smallest absolute Gasteiger partial charge is 0.295 e. The maximum Gasteiger partial charge on any atom is 0.295 e. The molecule has 0 atom stereocenters. The van der Waals surface area contributed by atoms with Crippen molar-refractivity contribution in [1.82, 2.24) is 0 Å². The zero-order chi connectivity index (χ0) is 10.1. The number of hydrogen-bond acceptors (Lipinski definition) is 3. The van der Waals surface area contributed by atoms with Crippen molar-refractivity contribution >= 4 is 32.3 Å². The van der Waals surface area contributed by atoms with Crippen LogP contribution in [0.5, 0.6) is 0 Å². The van der Waals surface area contributed by atoms with Crippen LogP contribution in [0.1, 0.15) is 10.4 Å².